The normalized spacial score (nSPS) is 13.4. The van der Waals surface area contributed by atoms with Crippen LogP contribution in [-0.4, -0.2) is 44.6 Å². The number of rotatable bonds is 7. The molecule has 2 aromatic rings. The number of anilines is 1. The van der Waals surface area contributed by atoms with Gasteiger partial charge in [0, 0.05) is 38.8 Å². The van der Waals surface area contributed by atoms with E-state index in [-0.39, 0.29) is 5.91 Å². The van der Waals surface area contributed by atoms with Gasteiger partial charge >= 0.3 is 0 Å². The Labute approximate surface area is 184 Å². The lowest BCUT2D eigenvalue weighted by atomic mass is 9.99. The lowest BCUT2D eigenvalue weighted by Gasteiger charge is -2.32. The number of benzene rings is 2. The average molecular weight is 425 g/mol. The van der Waals surface area contributed by atoms with Gasteiger partial charge in [0.25, 0.3) is 0 Å². The number of fused-ring (bicyclic) bond motifs is 1. The maximum atomic E-state index is 11.7. The van der Waals surface area contributed by atoms with Crippen LogP contribution in [0.25, 0.3) is 0 Å². The summed E-state index contributed by atoms with van der Waals surface area (Å²) in [5.41, 5.74) is 4.45. The number of hydrogen-bond donors (Lipinski definition) is 2. The summed E-state index contributed by atoms with van der Waals surface area (Å²) in [5.74, 6) is 2.43. The van der Waals surface area contributed by atoms with Gasteiger partial charge in [0.1, 0.15) is 0 Å². The standard InChI is InChI=1S/C24H32N4O3/c1-5-6-23(29)27-20-9-7-17(8-10-20)15-26-24(25-2)28-12-11-18-13-21(30-3)22(31-4)14-19(18)16-28/h7-10,13-14H,5-6,11-12,15-16H2,1-4H3,(H,25,26)(H,27,29). The first-order valence-electron chi connectivity index (χ1n) is 10.7. The monoisotopic (exact) mass is 424 g/mol. The summed E-state index contributed by atoms with van der Waals surface area (Å²) >= 11 is 0. The number of amides is 1. The Balaban J connectivity index is 1.60. The number of hydrogen-bond acceptors (Lipinski definition) is 4. The lowest BCUT2D eigenvalue weighted by Crippen LogP contribution is -2.43. The minimum atomic E-state index is 0.0495. The van der Waals surface area contributed by atoms with Crippen LogP contribution in [0.4, 0.5) is 5.69 Å². The summed E-state index contributed by atoms with van der Waals surface area (Å²) in [6.45, 7) is 4.29. The third-order valence-corrected chi connectivity index (χ3v) is 5.39. The van der Waals surface area contributed by atoms with Crippen molar-refractivity contribution >= 4 is 17.6 Å². The highest BCUT2D eigenvalue weighted by atomic mass is 16.5. The van der Waals surface area contributed by atoms with Crippen LogP contribution in [0.5, 0.6) is 11.5 Å². The number of methoxy groups -OCH3 is 2. The molecule has 0 aliphatic carbocycles. The zero-order chi connectivity index (χ0) is 22.2. The molecule has 0 saturated heterocycles. The van der Waals surface area contributed by atoms with Crippen LogP contribution >= 0.6 is 0 Å². The van der Waals surface area contributed by atoms with Crippen molar-refractivity contribution in [3.8, 4) is 11.5 Å². The third kappa shape index (κ3) is 5.69. The van der Waals surface area contributed by atoms with Crippen molar-refractivity contribution in [2.24, 2.45) is 4.99 Å². The van der Waals surface area contributed by atoms with E-state index in [1.54, 1.807) is 21.3 Å². The van der Waals surface area contributed by atoms with Gasteiger partial charge in [0.15, 0.2) is 17.5 Å². The first kappa shape index (κ1) is 22.5. The van der Waals surface area contributed by atoms with E-state index >= 15 is 0 Å². The predicted molar refractivity (Wildman–Crippen MR) is 124 cm³/mol. The number of carbonyl (C=O) groups is 1. The molecule has 7 nitrogen and oxygen atoms in total. The predicted octanol–water partition coefficient (Wildman–Crippen LogP) is 3.58. The largest absolute Gasteiger partial charge is 0.493 e. The Morgan fingerprint density at radius 1 is 1.10 bits per heavy atom. The molecule has 2 aromatic carbocycles. The molecule has 3 rings (SSSR count). The fourth-order valence-electron chi connectivity index (χ4n) is 3.73. The first-order chi connectivity index (χ1) is 15.1. The van der Waals surface area contributed by atoms with Crippen molar-refractivity contribution in [3.05, 3.63) is 53.1 Å². The molecule has 1 heterocycles. The highest BCUT2D eigenvalue weighted by molar-refractivity contribution is 5.90. The van der Waals surface area contributed by atoms with Gasteiger partial charge in [-0.25, -0.2) is 0 Å². The molecule has 0 atom stereocenters. The second kappa shape index (κ2) is 10.7. The number of aliphatic imine (C=N–C) groups is 1. The van der Waals surface area contributed by atoms with Crippen molar-refractivity contribution in [3.63, 3.8) is 0 Å². The minimum absolute atomic E-state index is 0.0495. The van der Waals surface area contributed by atoms with Crippen LogP contribution < -0.4 is 20.1 Å². The summed E-state index contributed by atoms with van der Waals surface area (Å²) in [7, 11) is 5.13. The fraction of sp³-hybridized carbons (Fsp3) is 0.417. The zero-order valence-electron chi connectivity index (χ0n) is 18.8. The van der Waals surface area contributed by atoms with Gasteiger partial charge in [-0.15, -0.1) is 0 Å². The molecule has 1 aliphatic heterocycles. The third-order valence-electron chi connectivity index (χ3n) is 5.39. The fourth-order valence-corrected chi connectivity index (χ4v) is 3.73. The van der Waals surface area contributed by atoms with E-state index in [2.05, 4.69) is 32.7 Å². The zero-order valence-corrected chi connectivity index (χ0v) is 18.8. The Morgan fingerprint density at radius 3 is 2.39 bits per heavy atom. The molecule has 1 aliphatic rings. The summed E-state index contributed by atoms with van der Waals surface area (Å²) in [6.07, 6.45) is 2.30. The Bertz CT molecular complexity index is 925. The topological polar surface area (TPSA) is 75.2 Å². The van der Waals surface area contributed by atoms with Crippen molar-refractivity contribution < 1.29 is 14.3 Å². The van der Waals surface area contributed by atoms with Gasteiger partial charge in [0.2, 0.25) is 5.91 Å². The SMILES string of the molecule is CCCC(=O)Nc1ccc(CNC(=NC)N2CCc3cc(OC)c(OC)cc3C2)cc1. The molecule has 0 radical (unpaired) electrons. The molecule has 2 N–H and O–H groups in total. The highest BCUT2D eigenvalue weighted by Crippen LogP contribution is 2.33. The van der Waals surface area contributed by atoms with E-state index in [0.29, 0.717) is 13.0 Å². The van der Waals surface area contributed by atoms with Gasteiger partial charge in [-0.2, -0.15) is 0 Å². The maximum absolute atomic E-state index is 11.7. The molecular weight excluding hydrogens is 392 g/mol. The van der Waals surface area contributed by atoms with E-state index in [0.717, 1.165) is 54.6 Å². The Kier molecular flexibility index (Phi) is 7.76. The maximum Gasteiger partial charge on any atom is 0.224 e. The second-order valence-electron chi connectivity index (χ2n) is 7.54. The lowest BCUT2D eigenvalue weighted by molar-refractivity contribution is -0.116. The Morgan fingerprint density at radius 2 is 1.77 bits per heavy atom. The van der Waals surface area contributed by atoms with E-state index in [1.165, 1.54) is 11.1 Å². The van der Waals surface area contributed by atoms with Gasteiger partial charge in [-0.1, -0.05) is 19.1 Å². The quantitative estimate of drug-likeness (QED) is 0.525. The summed E-state index contributed by atoms with van der Waals surface area (Å²) < 4.78 is 10.9. The Hall–Kier alpha value is -3.22. The van der Waals surface area contributed by atoms with Crippen molar-refractivity contribution in [1.29, 1.82) is 0 Å². The van der Waals surface area contributed by atoms with Gasteiger partial charge in [0.05, 0.1) is 14.2 Å². The van der Waals surface area contributed by atoms with Gasteiger partial charge < -0.3 is 25.0 Å². The number of ether oxygens (including phenoxy) is 2. The van der Waals surface area contributed by atoms with Crippen LogP contribution in [0.15, 0.2) is 41.4 Å². The molecule has 1 amide bonds. The molecule has 0 spiro atoms. The summed E-state index contributed by atoms with van der Waals surface area (Å²) in [5, 5.41) is 6.36. The van der Waals surface area contributed by atoms with Crippen LogP contribution in [-0.2, 0) is 24.3 Å². The average Bonchev–Trinajstić information content (AvgIpc) is 2.79. The van der Waals surface area contributed by atoms with Crippen molar-refractivity contribution in [1.82, 2.24) is 10.2 Å². The first-order valence-corrected chi connectivity index (χ1v) is 10.7. The summed E-state index contributed by atoms with van der Waals surface area (Å²) in [4.78, 5) is 18.4. The van der Waals surface area contributed by atoms with Crippen LogP contribution in [0.2, 0.25) is 0 Å². The smallest absolute Gasteiger partial charge is 0.224 e. The van der Waals surface area contributed by atoms with E-state index in [9.17, 15) is 4.79 Å². The van der Waals surface area contributed by atoms with Crippen molar-refractivity contribution in [2.45, 2.75) is 39.3 Å². The molecule has 0 fully saturated rings. The molecule has 0 bridgehead atoms. The highest BCUT2D eigenvalue weighted by Gasteiger charge is 2.21. The van der Waals surface area contributed by atoms with Gasteiger partial charge in [-0.05, 0) is 53.8 Å². The molecule has 0 aromatic heterocycles. The number of nitrogens with zero attached hydrogens (tertiary/aromatic N) is 2. The van der Waals surface area contributed by atoms with Crippen LogP contribution in [0.1, 0.15) is 36.5 Å². The van der Waals surface area contributed by atoms with E-state index in [1.807, 2.05) is 31.2 Å². The number of guanidine groups is 1. The molecule has 0 unspecified atom stereocenters. The van der Waals surface area contributed by atoms with E-state index in [4.69, 9.17) is 9.47 Å². The second-order valence-corrected chi connectivity index (χ2v) is 7.54. The number of nitrogens with one attached hydrogen (secondary N) is 2. The minimum Gasteiger partial charge on any atom is -0.493 e. The number of carbonyl (C=O) groups excluding carboxylic acids is 1. The molecule has 31 heavy (non-hydrogen) atoms. The molecule has 166 valence electrons. The van der Waals surface area contributed by atoms with Crippen LogP contribution in [0.3, 0.4) is 0 Å². The molecule has 0 saturated carbocycles. The summed E-state index contributed by atoms with van der Waals surface area (Å²) in [6, 6.07) is 12.0. The molecule has 7 heteroatoms. The molecular formula is C24H32N4O3. The van der Waals surface area contributed by atoms with Gasteiger partial charge in [-0.3, -0.25) is 9.79 Å². The van der Waals surface area contributed by atoms with Crippen molar-refractivity contribution in [2.75, 3.05) is 33.1 Å². The van der Waals surface area contributed by atoms with E-state index < -0.39 is 0 Å². The van der Waals surface area contributed by atoms with Crippen LogP contribution in [0, 0.1) is 0 Å².